The number of anilines is 1. The smallest absolute Gasteiger partial charge is 0.151 e. The van der Waals surface area contributed by atoms with E-state index >= 15 is 0 Å². The second-order valence-electron chi connectivity index (χ2n) is 3.54. The zero-order valence-electron chi connectivity index (χ0n) is 9.42. The number of benzene rings is 2. The molecule has 0 aliphatic heterocycles. The number of nitrogens with zero attached hydrogens (tertiary/aromatic N) is 2. The molecule has 0 saturated heterocycles. The monoisotopic (exact) mass is 235 g/mol. The Morgan fingerprint density at radius 2 is 1.67 bits per heavy atom. The molecule has 0 aliphatic rings. The number of hydrogen-bond donors (Lipinski definition) is 1. The number of hydrogen-bond acceptors (Lipinski definition) is 4. The van der Waals surface area contributed by atoms with Crippen LogP contribution >= 0.6 is 0 Å². The SMILES string of the molecule is N#Cc1ccc(Oc2ccccc2)c(N)c1C#N. The topological polar surface area (TPSA) is 82.8 Å². The van der Waals surface area contributed by atoms with Crippen LogP contribution in [-0.2, 0) is 0 Å². The summed E-state index contributed by atoms with van der Waals surface area (Å²) in [4.78, 5) is 0. The molecular formula is C14H9N3O. The highest BCUT2D eigenvalue weighted by atomic mass is 16.5. The summed E-state index contributed by atoms with van der Waals surface area (Å²) in [5.41, 5.74) is 6.39. The van der Waals surface area contributed by atoms with Crippen molar-refractivity contribution in [3.63, 3.8) is 0 Å². The fraction of sp³-hybridized carbons (Fsp3) is 0. The molecule has 4 heteroatoms. The maximum absolute atomic E-state index is 8.98. The number of ether oxygens (including phenoxy) is 1. The van der Waals surface area contributed by atoms with Crippen molar-refractivity contribution in [2.75, 3.05) is 5.73 Å². The molecule has 0 atom stereocenters. The third-order valence-electron chi connectivity index (χ3n) is 2.41. The molecule has 0 spiro atoms. The van der Waals surface area contributed by atoms with Gasteiger partial charge >= 0.3 is 0 Å². The quantitative estimate of drug-likeness (QED) is 0.811. The van der Waals surface area contributed by atoms with E-state index in [4.69, 9.17) is 21.0 Å². The zero-order valence-corrected chi connectivity index (χ0v) is 9.42. The molecule has 0 saturated carbocycles. The average Bonchev–Trinajstić information content (AvgIpc) is 2.42. The lowest BCUT2D eigenvalue weighted by atomic mass is 10.1. The van der Waals surface area contributed by atoms with Crippen LogP contribution in [0.25, 0.3) is 0 Å². The lowest BCUT2D eigenvalue weighted by Crippen LogP contribution is -1.98. The third kappa shape index (κ3) is 2.09. The molecule has 0 bridgehead atoms. The summed E-state index contributed by atoms with van der Waals surface area (Å²) in [5.74, 6) is 0.995. The Morgan fingerprint density at radius 3 is 2.28 bits per heavy atom. The van der Waals surface area contributed by atoms with E-state index in [0.29, 0.717) is 11.5 Å². The highest BCUT2D eigenvalue weighted by molar-refractivity contribution is 5.69. The number of nitrogen functional groups attached to an aromatic ring is 1. The van der Waals surface area contributed by atoms with E-state index in [1.807, 2.05) is 30.3 Å². The molecule has 0 fully saturated rings. The van der Waals surface area contributed by atoms with Crippen LogP contribution in [0.1, 0.15) is 11.1 Å². The molecule has 2 N–H and O–H groups in total. The summed E-state index contributed by atoms with van der Waals surface area (Å²) in [6, 6.07) is 16.0. The van der Waals surface area contributed by atoms with Gasteiger partial charge in [-0.3, -0.25) is 0 Å². The fourth-order valence-electron chi connectivity index (χ4n) is 1.52. The lowest BCUT2D eigenvalue weighted by molar-refractivity contribution is 0.485. The van der Waals surface area contributed by atoms with Crippen molar-refractivity contribution in [2.45, 2.75) is 0 Å². The summed E-state index contributed by atoms with van der Waals surface area (Å²) in [5, 5.41) is 17.8. The highest BCUT2D eigenvalue weighted by Crippen LogP contribution is 2.31. The number of nitrogens with two attached hydrogens (primary N) is 1. The van der Waals surface area contributed by atoms with Gasteiger partial charge in [0.2, 0.25) is 0 Å². The van der Waals surface area contributed by atoms with Gasteiger partial charge in [0, 0.05) is 0 Å². The van der Waals surface area contributed by atoms with E-state index in [-0.39, 0.29) is 16.8 Å². The van der Waals surface area contributed by atoms with E-state index in [2.05, 4.69) is 0 Å². The largest absolute Gasteiger partial charge is 0.455 e. The van der Waals surface area contributed by atoms with Gasteiger partial charge in [0.05, 0.1) is 16.8 Å². The molecular weight excluding hydrogens is 226 g/mol. The first kappa shape index (κ1) is 11.5. The molecule has 2 aromatic rings. The maximum Gasteiger partial charge on any atom is 0.151 e. The first-order valence-electron chi connectivity index (χ1n) is 5.22. The standard InChI is InChI=1S/C14H9N3O/c15-8-10-6-7-13(14(17)12(10)9-16)18-11-4-2-1-3-5-11/h1-7H,17H2. The van der Waals surface area contributed by atoms with Crippen LogP contribution in [0.2, 0.25) is 0 Å². The minimum atomic E-state index is 0.144. The van der Waals surface area contributed by atoms with E-state index < -0.39 is 0 Å². The predicted molar refractivity (Wildman–Crippen MR) is 66.8 cm³/mol. The van der Waals surface area contributed by atoms with Crippen LogP contribution in [0.4, 0.5) is 5.69 Å². The Balaban J connectivity index is 2.43. The predicted octanol–water partition coefficient (Wildman–Crippen LogP) is 2.80. The van der Waals surface area contributed by atoms with Crippen molar-refractivity contribution >= 4 is 5.69 Å². The molecule has 0 heterocycles. The molecule has 86 valence electrons. The lowest BCUT2D eigenvalue weighted by Gasteiger charge is -2.09. The normalized spacial score (nSPS) is 9.22. The zero-order chi connectivity index (χ0) is 13.0. The minimum absolute atomic E-state index is 0.144. The van der Waals surface area contributed by atoms with Crippen LogP contribution in [-0.4, -0.2) is 0 Å². The van der Waals surface area contributed by atoms with E-state index in [1.54, 1.807) is 18.2 Å². The van der Waals surface area contributed by atoms with Crippen LogP contribution in [0.15, 0.2) is 42.5 Å². The molecule has 0 unspecified atom stereocenters. The number of para-hydroxylation sites is 1. The van der Waals surface area contributed by atoms with Gasteiger partial charge in [-0.1, -0.05) is 18.2 Å². The van der Waals surface area contributed by atoms with Crippen molar-refractivity contribution in [2.24, 2.45) is 0 Å². The van der Waals surface area contributed by atoms with Gasteiger partial charge in [0.15, 0.2) is 5.75 Å². The van der Waals surface area contributed by atoms with Crippen LogP contribution < -0.4 is 10.5 Å². The third-order valence-corrected chi connectivity index (χ3v) is 2.41. The first-order valence-corrected chi connectivity index (χ1v) is 5.22. The Kier molecular flexibility index (Phi) is 3.13. The van der Waals surface area contributed by atoms with Gasteiger partial charge in [0.1, 0.15) is 17.9 Å². The van der Waals surface area contributed by atoms with Crippen LogP contribution in [0, 0.1) is 22.7 Å². The summed E-state index contributed by atoms with van der Waals surface area (Å²) in [6.45, 7) is 0. The van der Waals surface area contributed by atoms with E-state index in [0.717, 1.165) is 0 Å². The van der Waals surface area contributed by atoms with Crippen molar-refractivity contribution < 1.29 is 4.74 Å². The van der Waals surface area contributed by atoms with Crippen molar-refractivity contribution in [3.05, 3.63) is 53.6 Å². The minimum Gasteiger partial charge on any atom is -0.455 e. The van der Waals surface area contributed by atoms with Gasteiger partial charge < -0.3 is 10.5 Å². The number of nitriles is 2. The molecule has 0 aliphatic carbocycles. The summed E-state index contributed by atoms with van der Waals surface area (Å²) < 4.78 is 5.57. The molecule has 2 aromatic carbocycles. The first-order chi connectivity index (χ1) is 8.76. The average molecular weight is 235 g/mol. The molecule has 4 nitrogen and oxygen atoms in total. The van der Waals surface area contributed by atoms with Crippen LogP contribution in [0.5, 0.6) is 11.5 Å². The maximum atomic E-state index is 8.98. The van der Waals surface area contributed by atoms with Gasteiger partial charge in [-0.2, -0.15) is 10.5 Å². The van der Waals surface area contributed by atoms with Crippen molar-refractivity contribution in [1.82, 2.24) is 0 Å². The highest BCUT2D eigenvalue weighted by Gasteiger charge is 2.11. The van der Waals surface area contributed by atoms with Gasteiger partial charge in [-0.15, -0.1) is 0 Å². The molecule has 0 radical (unpaired) electrons. The second-order valence-corrected chi connectivity index (χ2v) is 3.54. The van der Waals surface area contributed by atoms with Crippen molar-refractivity contribution in [1.29, 1.82) is 10.5 Å². The Bertz CT molecular complexity index is 651. The van der Waals surface area contributed by atoms with Gasteiger partial charge in [0.25, 0.3) is 0 Å². The van der Waals surface area contributed by atoms with E-state index in [1.165, 1.54) is 6.07 Å². The van der Waals surface area contributed by atoms with Gasteiger partial charge in [-0.05, 0) is 24.3 Å². The number of rotatable bonds is 2. The Hall–Kier alpha value is -2.98. The van der Waals surface area contributed by atoms with Crippen LogP contribution in [0.3, 0.4) is 0 Å². The van der Waals surface area contributed by atoms with E-state index in [9.17, 15) is 0 Å². The second kappa shape index (κ2) is 4.90. The van der Waals surface area contributed by atoms with Gasteiger partial charge in [-0.25, -0.2) is 0 Å². The fourth-order valence-corrected chi connectivity index (χ4v) is 1.52. The Labute approximate surface area is 104 Å². The molecule has 0 aromatic heterocycles. The summed E-state index contributed by atoms with van der Waals surface area (Å²) in [6.07, 6.45) is 0. The summed E-state index contributed by atoms with van der Waals surface area (Å²) in [7, 11) is 0. The Morgan fingerprint density at radius 1 is 0.944 bits per heavy atom. The molecule has 18 heavy (non-hydrogen) atoms. The molecule has 2 rings (SSSR count). The molecule has 0 amide bonds. The summed E-state index contributed by atoms with van der Waals surface area (Å²) >= 11 is 0. The van der Waals surface area contributed by atoms with Crippen molar-refractivity contribution in [3.8, 4) is 23.6 Å².